The SMILES string of the molecule is COCCOc1cc(C)ccc1NC(=O)NCCc1nnc2n1CCCCC2. The monoisotopic (exact) mass is 387 g/mol. The number of fused-ring (bicyclic) bond motifs is 1. The van der Waals surface area contributed by atoms with Crippen LogP contribution in [-0.2, 0) is 24.1 Å². The molecule has 0 saturated carbocycles. The fraction of sp³-hybridized carbons (Fsp3) is 0.550. The second kappa shape index (κ2) is 10.1. The summed E-state index contributed by atoms with van der Waals surface area (Å²) in [5, 5.41) is 14.3. The summed E-state index contributed by atoms with van der Waals surface area (Å²) < 4.78 is 12.9. The van der Waals surface area contributed by atoms with E-state index in [4.69, 9.17) is 9.47 Å². The maximum atomic E-state index is 12.3. The minimum atomic E-state index is -0.268. The first kappa shape index (κ1) is 20.1. The largest absolute Gasteiger partial charge is 0.489 e. The van der Waals surface area contributed by atoms with Crippen LogP contribution in [0.4, 0.5) is 10.5 Å². The average molecular weight is 387 g/mol. The first-order chi connectivity index (χ1) is 13.7. The number of nitrogens with zero attached hydrogens (tertiary/aromatic N) is 3. The van der Waals surface area contributed by atoms with Crippen molar-refractivity contribution in [3.05, 3.63) is 35.4 Å². The van der Waals surface area contributed by atoms with Crippen LogP contribution >= 0.6 is 0 Å². The zero-order valence-electron chi connectivity index (χ0n) is 16.7. The van der Waals surface area contributed by atoms with Crippen molar-refractivity contribution in [1.29, 1.82) is 0 Å². The molecule has 2 amide bonds. The third-order valence-electron chi connectivity index (χ3n) is 4.75. The van der Waals surface area contributed by atoms with Gasteiger partial charge < -0.3 is 24.7 Å². The van der Waals surface area contributed by atoms with Crippen LogP contribution in [0.25, 0.3) is 0 Å². The Morgan fingerprint density at radius 2 is 2.11 bits per heavy atom. The number of hydrogen-bond acceptors (Lipinski definition) is 5. The van der Waals surface area contributed by atoms with Gasteiger partial charge in [0.1, 0.15) is 24.0 Å². The predicted octanol–water partition coefficient (Wildman–Crippen LogP) is 2.70. The van der Waals surface area contributed by atoms with Crippen LogP contribution in [0.3, 0.4) is 0 Å². The van der Waals surface area contributed by atoms with Crippen molar-refractivity contribution in [2.24, 2.45) is 0 Å². The number of carbonyl (C=O) groups excluding carboxylic acids is 1. The van der Waals surface area contributed by atoms with Gasteiger partial charge in [-0.25, -0.2) is 4.79 Å². The van der Waals surface area contributed by atoms with E-state index in [0.29, 0.717) is 37.6 Å². The summed E-state index contributed by atoms with van der Waals surface area (Å²) in [5.41, 5.74) is 1.70. The number of hydrogen-bond donors (Lipinski definition) is 2. The van der Waals surface area contributed by atoms with Gasteiger partial charge in [-0.2, -0.15) is 0 Å². The lowest BCUT2D eigenvalue weighted by atomic mass is 10.2. The molecule has 0 aliphatic carbocycles. The van der Waals surface area contributed by atoms with E-state index in [9.17, 15) is 4.79 Å². The fourth-order valence-electron chi connectivity index (χ4n) is 3.27. The van der Waals surface area contributed by atoms with Crippen LogP contribution in [0.2, 0.25) is 0 Å². The number of amides is 2. The highest BCUT2D eigenvalue weighted by Gasteiger charge is 2.15. The van der Waals surface area contributed by atoms with Crippen molar-refractivity contribution in [1.82, 2.24) is 20.1 Å². The Balaban J connectivity index is 1.51. The van der Waals surface area contributed by atoms with Crippen molar-refractivity contribution in [2.75, 3.05) is 32.2 Å². The number of aromatic nitrogens is 3. The van der Waals surface area contributed by atoms with Crippen LogP contribution in [-0.4, -0.2) is 47.7 Å². The molecule has 1 aromatic carbocycles. The number of anilines is 1. The summed E-state index contributed by atoms with van der Waals surface area (Å²) in [6, 6.07) is 5.41. The Hall–Kier alpha value is -2.61. The van der Waals surface area contributed by atoms with Crippen molar-refractivity contribution < 1.29 is 14.3 Å². The topological polar surface area (TPSA) is 90.3 Å². The maximum absolute atomic E-state index is 12.3. The zero-order valence-corrected chi connectivity index (χ0v) is 16.7. The van der Waals surface area contributed by atoms with Crippen molar-refractivity contribution in [3.8, 4) is 5.75 Å². The van der Waals surface area contributed by atoms with Crippen molar-refractivity contribution >= 4 is 11.7 Å². The molecule has 1 aromatic heterocycles. The molecule has 0 unspecified atom stereocenters. The van der Waals surface area contributed by atoms with Gasteiger partial charge in [-0.1, -0.05) is 12.5 Å². The molecule has 152 valence electrons. The molecule has 0 spiro atoms. The molecule has 1 aliphatic rings. The molecule has 3 rings (SSSR count). The maximum Gasteiger partial charge on any atom is 0.319 e. The summed E-state index contributed by atoms with van der Waals surface area (Å²) in [7, 11) is 1.63. The molecule has 28 heavy (non-hydrogen) atoms. The highest BCUT2D eigenvalue weighted by molar-refractivity contribution is 5.90. The van der Waals surface area contributed by atoms with Gasteiger partial charge in [0, 0.05) is 33.0 Å². The summed E-state index contributed by atoms with van der Waals surface area (Å²) in [6.07, 6.45) is 5.20. The Morgan fingerprint density at radius 1 is 1.21 bits per heavy atom. The van der Waals surface area contributed by atoms with Gasteiger partial charge >= 0.3 is 6.03 Å². The Bertz CT molecular complexity index is 790. The number of ether oxygens (including phenoxy) is 2. The van der Waals surface area contributed by atoms with E-state index in [1.807, 2.05) is 25.1 Å². The van der Waals surface area contributed by atoms with E-state index in [0.717, 1.165) is 36.6 Å². The number of aryl methyl sites for hydroxylation is 2. The molecule has 2 heterocycles. The van der Waals surface area contributed by atoms with E-state index in [1.54, 1.807) is 7.11 Å². The molecule has 8 heteroatoms. The molecule has 2 aromatic rings. The molecule has 8 nitrogen and oxygen atoms in total. The lowest BCUT2D eigenvalue weighted by Gasteiger charge is -2.14. The highest BCUT2D eigenvalue weighted by Crippen LogP contribution is 2.25. The Morgan fingerprint density at radius 3 is 2.96 bits per heavy atom. The normalized spacial score (nSPS) is 13.5. The molecule has 0 saturated heterocycles. The molecule has 0 fully saturated rings. The lowest BCUT2D eigenvalue weighted by Crippen LogP contribution is -2.31. The van der Waals surface area contributed by atoms with E-state index >= 15 is 0 Å². The number of benzene rings is 1. The van der Waals surface area contributed by atoms with E-state index in [1.165, 1.54) is 12.8 Å². The molecule has 0 radical (unpaired) electrons. The summed E-state index contributed by atoms with van der Waals surface area (Å²) in [5.74, 6) is 2.64. The van der Waals surface area contributed by atoms with Gasteiger partial charge in [0.2, 0.25) is 0 Å². The highest BCUT2D eigenvalue weighted by atomic mass is 16.5. The lowest BCUT2D eigenvalue weighted by molar-refractivity contribution is 0.146. The van der Waals surface area contributed by atoms with Crippen molar-refractivity contribution in [2.45, 2.75) is 45.6 Å². The van der Waals surface area contributed by atoms with Gasteiger partial charge in [-0.15, -0.1) is 10.2 Å². The summed E-state index contributed by atoms with van der Waals surface area (Å²) >= 11 is 0. The van der Waals surface area contributed by atoms with Gasteiger partial charge in [0.15, 0.2) is 0 Å². The molecule has 0 bridgehead atoms. The van der Waals surface area contributed by atoms with Crippen LogP contribution in [0.1, 0.15) is 36.5 Å². The standard InChI is InChI=1S/C20H29N5O3/c1-15-7-8-16(17(14-15)28-13-12-27-2)22-20(26)21-10-9-19-24-23-18-6-4-3-5-11-25(18)19/h7-8,14H,3-6,9-13H2,1-2H3,(H2,21,22,26). The first-order valence-electron chi connectivity index (χ1n) is 9.85. The van der Waals surface area contributed by atoms with E-state index < -0.39 is 0 Å². The zero-order chi connectivity index (χ0) is 19.8. The average Bonchev–Trinajstić information content (AvgIpc) is 2.91. The minimum absolute atomic E-state index is 0.268. The molecule has 2 N–H and O–H groups in total. The predicted molar refractivity (Wildman–Crippen MR) is 107 cm³/mol. The fourth-order valence-corrected chi connectivity index (χ4v) is 3.27. The minimum Gasteiger partial charge on any atom is -0.489 e. The second-order valence-corrected chi connectivity index (χ2v) is 6.97. The first-order valence-corrected chi connectivity index (χ1v) is 9.85. The van der Waals surface area contributed by atoms with Crippen LogP contribution < -0.4 is 15.4 Å². The van der Waals surface area contributed by atoms with Gasteiger partial charge in [-0.05, 0) is 37.5 Å². The number of methoxy groups -OCH3 is 1. The van der Waals surface area contributed by atoms with Crippen LogP contribution in [0.15, 0.2) is 18.2 Å². The summed E-state index contributed by atoms with van der Waals surface area (Å²) in [6.45, 7) is 4.36. The molecular formula is C20H29N5O3. The quantitative estimate of drug-likeness (QED) is 0.680. The third kappa shape index (κ3) is 5.45. The van der Waals surface area contributed by atoms with Crippen molar-refractivity contribution in [3.63, 3.8) is 0 Å². The molecular weight excluding hydrogens is 358 g/mol. The second-order valence-electron chi connectivity index (χ2n) is 6.97. The van der Waals surface area contributed by atoms with Crippen LogP contribution in [0.5, 0.6) is 5.75 Å². The summed E-state index contributed by atoms with van der Waals surface area (Å²) in [4.78, 5) is 12.3. The molecule has 1 aliphatic heterocycles. The molecule has 0 atom stereocenters. The van der Waals surface area contributed by atoms with Crippen LogP contribution in [0, 0.1) is 6.92 Å². The Labute approximate surface area is 165 Å². The number of nitrogens with one attached hydrogen (secondary N) is 2. The third-order valence-corrected chi connectivity index (χ3v) is 4.75. The van der Waals surface area contributed by atoms with Gasteiger partial charge in [0.25, 0.3) is 0 Å². The van der Waals surface area contributed by atoms with Gasteiger partial charge in [0.05, 0.1) is 12.3 Å². The number of carbonyl (C=O) groups is 1. The smallest absolute Gasteiger partial charge is 0.319 e. The van der Waals surface area contributed by atoms with E-state index in [2.05, 4.69) is 25.4 Å². The van der Waals surface area contributed by atoms with E-state index in [-0.39, 0.29) is 6.03 Å². The number of rotatable bonds is 8. The Kier molecular flexibility index (Phi) is 7.25. The van der Waals surface area contributed by atoms with Gasteiger partial charge in [-0.3, -0.25) is 0 Å². The number of urea groups is 1.